The van der Waals surface area contributed by atoms with Crippen LogP contribution >= 0.6 is 0 Å². The van der Waals surface area contributed by atoms with Gasteiger partial charge < -0.3 is 30.5 Å². The second-order valence-corrected chi connectivity index (χ2v) is 13.1. The molecule has 2 aromatic rings. The Bertz CT molecular complexity index is 1350. The molecule has 3 N–H and O–H groups in total. The van der Waals surface area contributed by atoms with Gasteiger partial charge in [0.15, 0.2) is 11.5 Å². The Kier molecular flexibility index (Phi) is 9.75. The minimum Gasteiger partial charge on any atom is -0.444 e. The molecule has 3 aliphatic heterocycles. The fourth-order valence-electron chi connectivity index (χ4n) is 6.18. The van der Waals surface area contributed by atoms with E-state index >= 15 is 0 Å². The molecular formula is C33H48N8O3. The van der Waals surface area contributed by atoms with Gasteiger partial charge in [0, 0.05) is 69.8 Å². The number of aryl methyl sites for hydroxylation is 1. The number of benzene rings is 1. The summed E-state index contributed by atoms with van der Waals surface area (Å²) in [5.41, 5.74) is 9.74. The van der Waals surface area contributed by atoms with Crippen LogP contribution in [0.4, 0.5) is 22.0 Å². The maximum Gasteiger partial charge on any atom is 0.410 e. The lowest BCUT2D eigenvalue weighted by atomic mass is 10.0. The van der Waals surface area contributed by atoms with E-state index < -0.39 is 11.5 Å². The Balaban J connectivity index is 1.27. The molecule has 1 aromatic carbocycles. The second kappa shape index (κ2) is 13.5. The molecule has 3 aliphatic rings. The number of nitrogens with zero attached hydrogens (tertiary/aromatic N) is 6. The van der Waals surface area contributed by atoms with Crippen LogP contribution in [0.15, 0.2) is 30.3 Å². The maximum absolute atomic E-state index is 12.6. The van der Waals surface area contributed by atoms with Crippen LogP contribution in [0.5, 0.6) is 0 Å². The first kappa shape index (κ1) is 31.7. The number of rotatable bonds is 7. The van der Waals surface area contributed by atoms with Gasteiger partial charge in [-0.25, -0.2) is 14.8 Å². The van der Waals surface area contributed by atoms with Crippen molar-refractivity contribution in [1.29, 1.82) is 0 Å². The molecule has 1 aromatic heterocycles. The number of primary amides is 1. The average Bonchev–Trinajstić information content (AvgIpc) is 3.01. The molecule has 0 atom stereocenters. The van der Waals surface area contributed by atoms with Crippen molar-refractivity contribution in [3.8, 4) is 0 Å². The van der Waals surface area contributed by atoms with Crippen molar-refractivity contribution in [2.45, 2.75) is 65.0 Å². The number of amides is 2. The third kappa shape index (κ3) is 7.68. The van der Waals surface area contributed by atoms with Crippen molar-refractivity contribution in [3.63, 3.8) is 0 Å². The standard InChI is InChI=1S/C33H48N8O3/c1-6-27-28(23-11-15-41(16-12-23)32(43)44-33(2,3)4)37-31(29(36-27)30(34)42)35-24-7-9-25(10-8-24)39-17-13-26(14-18-39)40-21-19-38(5)20-22-40/h7-11,26H,6,12-22H2,1-5H3,(H2,34,42)(H,35,37). The predicted octanol–water partition coefficient (Wildman–Crippen LogP) is 4.12. The highest BCUT2D eigenvalue weighted by molar-refractivity contribution is 5.96. The van der Waals surface area contributed by atoms with Crippen molar-refractivity contribution in [3.05, 3.63) is 47.4 Å². The molecule has 0 aliphatic carbocycles. The first-order chi connectivity index (χ1) is 21.0. The van der Waals surface area contributed by atoms with Gasteiger partial charge in [-0.15, -0.1) is 0 Å². The van der Waals surface area contributed by atoms with Crippen LogP contribution in [-0.2, 0) is 11.2 Å². The van der Waals surface area contributed by atoms with Crippen molar-refractivity contribution in [2.75, 3.05) is 69.6 Å². The smallest absolute Gasteiger partial charge is 0.410 e. The lowest BCUT2D eigenvalue weighted by Gasteiger charge is -2.42. The van der Waals surface area contributed by atoms with Crippen molar-refractivity contribution >= 4 is 34.8 Å². The van der Waals surface area contributed by atoms with Gasteiger partial charge in [0.1, 0.15) is 5.60 Å². The van der Waals surface area contributed by atoms with Crippen molar-refractivity contribution < 1.29 is 14.3 Å². The van der Waals surface area contributed by atoms with Crippen molar-refractivity contribution in [2.24, 2.45) is 5.73 Å². The van der Waals surface area contributed by atoms with E-state index in [-0.39, 0.29) is 11.8 Å². The van der Waals surface area contributed by atoms with Gasteiger partial charge in [0.2, 0.25) is 0 Å². The topological polar surface area (TPSA) is 120 Å². The van der Waals surface area contributed by atoms with E-state index in [4.69, 9.17) is 15.5 Å². The molecule has 238 valence electrons. The molecule has 0 radical (unpaired) electrons. The first-order valence-corrected chi connectivity index (χ1v) is 15.9. The van der Waals surface area contributed by atoms with Gasteiger partial charge in [0.05, 0.1) is 11.4 Å². The first-order valence-electron chi connectivity index (χ1n) is 15.9. The summed E-state index contributed by atoms with van der Waals surface area (Å²) >= 11 is 0. The monoisotopic (exact) mass is 604 g/mol. The number of anilines is 3. The Morgan fingerprint density at radius 2 is 1.68 bits per heavy atom. The summed E-state index contributed by atoms with van der Waals surface area (Å²) in [5, 5.41) is 3.31. The van der Waals surface area contributed by atoms with Gasteiger partial charge in [-0.3, -0.25) is 9.69 Å². The Labute approximate surface area is 261 Å². The number of carbonyl (C=O) groups excluding carboxylic acids is 2. The molecule has 0 saturated carbocycles. The molecule has 11 heteroatoms. The van der Waals surface area contributed by atoms with Crippen LogP contribution < -0.4 is 16.0 Å². The number of hydrogen-bond donors (Lipinski definition) is 2. The zero-order valence-electron chi connectivity index (χ0n) is 26.9. The lowest BCUT2D eigenvalue weighted by molar-refractivity contribution is 0.0270. The van der Waals surface area contributed by atoms with Crippen LogP contribution in [-0.4, -0.2) is 108 Å². The summed E-state index contributed by atoms with van der Waals surface area (Å²) in [4.78, 5) is 43.7. The van der Waals surface area contributed by atoms with E-state index in [2.05, 4.69) is 44.2 Å². The number of nitrogens with one attached hydrogen (secondary N) is 1. The zero-order valence-corrected chi connectivity index (χ0v) is 26.9. The number of nitrogens with two attached hydrogens (primary N) is 1. The summed E-state index contributed by atoms with van der Waals surface area (Å²) in [6.07, 6.45) is 5.22. The van der Waals surface area contributed by atoms with Gasteiger partial charge >= 0.3 is 6.09 Å². The molecule has 2 fully saturated rings. The van der Waals surface area contributed by atoms with Crippen LogP contribution in [0.3, 0.4) is 0 Å². The summed E-state index contributed by atoms with van der Waals surface area (Å²) in [5.74, 6) is -0.296. The SMILES string of the molecule is CCc1nc(C(N)=O)c(Nc2ccc(N3CCC(N4CCN(C)CC4)CC3)cc2)nc1C1=CCN(C(=O)OC(C)(C)C)CC1. The van der Waals surface area contributed by atoms with E-state index in [0.29, 0.717) is 43.5 Å². The molecule has 2 saturated heterocycles. The van der Waals surface area contributed by atoms with Crippen LogP contribution in [0, 0.1) is 0 Å². The predicted molar refractivity (Wildman–Crippen MR) is 174 cm³/mol. The van der Waals surface area contributed by atoms with Gasteiger partial charge in [-0.2, -0.15) is 0 Å². The number of aromatic nitrogens is 2. The maximum atomic E-state index is 12.6. The number of hydrogen-bond acceptors (Lipinski definition) is 9. The van der Waals surface area contributed by atoms with Crippen LogP contribution in [0.25, 0.3) is 5.57 Å². The number of ether oxygens (including phenoxy) is 1. The lowest BCUT2D eigenvalue weighted by Crippen LogP contribution is -2.52. The molecule has 5 rings (SSSR count). The summed E-state index contributed by atoms with van der Waals surface area (Å²) < 4.78 is 5.53. The molecular weight excluding hydrogens is 556 g/mol. The van der Waals surface area contributed by atoms with E-state index in [0.717, 1.165) is 43.1 Å². The molecule has 11 nitrogen and oxygen atoms in total. The Morgan fingerprint density at radius 1 is 1.00 bits per heavy atom. The highest BCUT2D eigenvalue weighted by Gasteiger charge is 2.28. The third-order valence-electron chi connectivity index (χ3n) is 8.72. The van der Waals surface area contributed by atoms with Crippen LogP contribution in [0.2, 0.25) is 0 Å². The summed E-state index contributed by atoms with van der Waals surface area (Å²) in [6.45, 7) is 15.2. The van der Waals surface area contributed by atoms with Crippen LogP contribution in [0.1, 0.15) is 68.8 Å². The average molecular weight is 605 g/mol. The normalized spacial score (nSPS) is 19.1. The number of piperidine rings is 1. The van der Waals surface area contributed by atoms with Crippen molar-refractivity contribution in [1.82, 2.24) is 24.7 Å². The number of carbonyl (C=O) groups is 2. The molecule has 0 unspecified atom stereocenters. The molecule has 4 heterocycles. The van der Waals surface area contributed by atoms with E-state index in [9.17, 15) is 9.59 Å². The van der Waals surface area contributed by atoms with Gasteiger partial charge in [-0.05, 0) is 83.3 Å². The number of likely N-dealkylation sites (N-methyl/N-ethyl adjacent to an activating group) is 1. The largest absolute Gasteiger partial charge is 0.444 e. The minimum atomic E-state index is -0.630. The highest BCUT2D eigenvalue weighted by Crippen LogP contribution is 2.30. The zero-order chi connectivity index (χ0) is 31.4. The van der Waals surface area contributed by atoms with Gasteiger partial charge in [0.25, 0.3) is 5.91 Å². The molecule has 0 spiro atoms. The van der Waals surface area contributed by atoms with Gasteiger partial charge in [-0.1, -0.05) is 13.0 Å². The second-order valence-electron chi connectivity index (χ2n) is 13.1. The van der Waals surface area contributed by atoms with E-state index in [1.54, 1.807) is 4.90 Å². The quantitative estimate of drug-likeness (QED) is 0.481. The molecule has 44 heavy (non-hydrogen) atoms. The fraction of sp³-hybridized carbons (Fsp3) is 0.576. The summed E-state index contributed by atoms with van der Waals surface area (Å²) in [6, 6.07) is 8.94. The third-order valence-corrected chi connectivity index (χ3v) is 8.72. The number of piperazine rings is 1. The summed E-state index contributed by atoms with van der Waals surface area (Å²) in [7, 11) is 2.20. The molecule has 2 amide bonds. The fourth-order valence-corrected chi connectivity index (χ4v) is 6.18. The minimum absolute atomic E-state index is 0.118. The van der Waals surface area contributed by atoms with E-state index in [1.807, 2.05) is 45.9 Å². The Hall–Kier alpha value is -3.70. The van der Waals surface area contributed by atoms with E-state index in [1.165, 1.54) is 31.6 Å². The molecule has 0 bridgehead atoms. The Morgan fingerprint density at radius 3 is 2.25 bits per heavy atom. The highest BCUT2D eigenvalue weighted by atomic mass is 16.6.